The molecule has 0 saturated carbocycles. The molecule has 0 aromatic rings. The van der Waals surface area contributed by atoms with E-state index in [0.29, 0.717) is 24.6 Å². The maximum Gasteiger partial charge on any atom is 0.279 e. The molecule has 0 atom stereocenters. The second kappa shape index (κ2) is 5.20. The predicted octanol–water partition coefficient (Wildman–Crippen LogP) is -0.161. The molecule has 0 amide bonds. The van der Waals surface area contributed by atoms with Gasteiger partial charge in [-0.15, -0.1) is 0 Å². The first-order valence-electron chi connectivity index (χ1n) is 5.01. The van der Waals surface area contributed by atoms with Gasteiger partial charge in [0.25, 0.3) is 10.2 Å². The van der Waals surface area contributed by atoms with Gasteiger partial charge in [-0.3, -0.25) is 0 Å². The highest BCUT2D eigenvalue weighted by atomic mass is 32.2. The van der Waals surface area contributed by atoms with Crippen molar-refractivity contribution < 1.29 is 8.42 Å². The molecule has 0 bridgehead atoms. The number of nitrogens with two attached hydrogens (primary N) is 1. The van der Waals surface area contributed by atoms with Gasteiger partial charge in [-0.2, -0.15) is 12.7 Å². The zero-order valence-corrected chi connectivity index (χ0v) is 10.4. The first kappa shape index (κ1) is 12.8. The summed E-state index contributed by atoms with van der Waals surface area (Å²) in [6.45, 7) is 3.17. The summed E-state index contributed by atoms with van der Waals surface area (Å²) in [6, 6.07) is 0. The average molecular weight is 251 g/mol. The van der Waals surface area contributed by atoms with Crippen LogP contribution in [0.4, 0.5) is 0 Å². The molecule has 1 heterocycles. The number of hydrogen-bond acceptors (Lipinski definition) is 3. The number of nitrogens with zero attached hydrogens (tertiary/aromatic N) is 1. The molecule has 0 aromatic carbocycles. The summed E-state index contributed by atoms with van der Waals surface area (Å²) < 4.78 is 27.1. The van der Waals surface area contributed by atoms with Crippen molar-refractivity contribution in [2.75, 3.05) is 19.6 Å². The zero-order valence-electron chi connectivity index (χ0n) is 8.77. The van der Waals surface area contributed by atoms with Crippen LogP contribution in [-0.2, 0) is 10.2 Å². The van der Waals surface area contributed by atoms with Crippen LogP contribution in [0.3, 0.4) is 0 Å². The van der Waals surface area contributed by atoms with E-state index in [4.69, 9.17) is 18.0 Å². The van der Waals surface area contributed by atoms with E-state index in [-0.39, 0.29) is 5.92 Å². The lowest BCUT2D eigenvalue weighted by Gasteiger charge is -2.30. The van der Waals surface area contributed by atoms with Crippen LogP contribution in [0.2, 0.25) is 0 Å². The second-order valence-electron chi connectivity index (χ2n) is 3.58. The van der Waals surface area contributed by atoms with Crippen LogP contribution >= 0.6 is 12.2 Å². The summed E-state index contributed by atoms with van der Waals surface area (Å²) in [4.78, 5) is 0.496. The number of hydrogen-bond donors (Lipinski definition) is 2. The van der Waals surface area contributed by atoms with Gasteiger partial charge in [0, 0.05) is 25.6 Å². The van der Waals surface area contributed by atoms with Crippen molar-refractivity contribution in [1.82, 2.24) is 9.03 Å². The van der Waals surface area contributed by atoms with E-state index in [0.717, 1.165) is 12.8 Å². The summed E-state index contributed by atoms with van der Waals surface area (Å²) in [6.07, 6.45) is 1.44. The molecule has 88 valence electrons. The Bertz CT molecular complexity index is 321. The Morgan fingerprint density at radius 2 is 2.07 bits per heavy atom. The minimum atomic E-state index is -3.28. The molecular formula is C8H17N3O2S2. The summed E-state index contributed by atoms with van der Waals surface area (Å²) in [5.74, 6) is 0.188. The molecule has 1 fully saturated rings. The van der Waals surface area contributed by atoms with E-state index in [1.165, 1.54) is 4.31 Å². The SMILES string of the molecule is CCNS(=O)(=O)N1CCC(C(N)=S)CC1. The topological polar surface area (TPSA) is 75.4 Å². The molecule has 3 N–H and O–H groups in total. The van der Waals surface area contributed by atoms with Crippen molar-refractivity contribution >= 4 is 27.4 Å². The minimum Gasteiger partial charge on any atom is -0.393 e. The lowest BCUT2D eigenvalue weighted by atomic mass is 9.98. The maximum atomic E-state index is 11.6. The normalized spacial score (nSPS) is 20.3. The van der Waals surface area contributed by atoms with Gasteiger partial charge < -0.3 is 5.73 Å². The fourth-order valence-corrected chi connectivity index (χ4v) is 3.13. The van der Waals surface area contributed by atoms with Gasteiger partial charge in [0.15, 0.2) is 0 Å². The van der Waals surface area contributed by atoms with Crippen LogP contribution in [0.5, 0.6) is 0 Å². The van der Waals surface area contributed by atoms with Gasteiger partial charge in [-0.1, -0.05) is 19.1 Å². The highest BCUT2D eigenvalue weighted by molar-refractivity contribution is 7.87. The van der Waals surface area contributed by atoms with E-state index in [1.807, 2.05) is 0 Å². The van der Waals surface area contributed by atoms with Crippen molar-refractivity contribution in [2.24, 2.45) is 11.7 Å². The van der Waals surface area contributed by atoms with E-state index >= 15 is 0 Å². The monoisotopic (exact) mass is 251 g/mol. The van der Waals surface area contributed by atoms with Crippen LogP contribution < -0.4 is 10.5 Å². The second-order valence-corrected chi connectivity index (χ2v) is 5.81. The van der Waals surface area contributed by atoms with Crippen LogP contribution in [0.15, 0.2) is 0 Å². The molecule has 0 spiro atoms. The third kappa shape index (κ3) is 3.37. The Balaban J connectivity index is 2.54. The molecule has 1 aliphatic heterocycles. The van der Waals surface area contributed by atoms with Gasteiger partial charge in [0.2, 0.25) is 0 Å². The molecule has 0 unspecified atom stereocenters. The molecule has 0 aliphatic carbocycles. The third-order valence-electron chi connectivity index (χ3n) is 2.52. The van der Waals surface area contributed by atoms with E-state index in [1.54, 1.807) is 6.92 Å². The van der Waals surface area contributed by atoms with Gasteiger partial charge in [0.05, 0.1) is 4.99 Å². The van der Waals surface area contributed by atoms with E-state index in [2.05, 4.69) is 4.72 Å². The molecule has 5 nitrogen and oxygen atoms in total. The highest BCUT2D eigenvalue weighted by Crippen LogP contribution is 2.18. The number of rotatable bonds is 4. The largest absolute Gasteiger partial charge is 0.393 e. The molecule has 15 heavy (non-hydrogen) atoms. The van der Waals surface area contributed by atoms with Crippen molar-refractivity contribution in [1.29, 1.82) is 0 Å². The van der Waals surface area contributed by atoms with Gasteiger partial charge >= 0.3 is 0 Å². The predicted molar refractivity (Wildman–Crippen MR) is 63.7 cm³/mol. The van der Waals surface area contributed by atoms with Gasteiger partial charge in [0.1, 0.15) is 0 Å². The first-order chi connectivity index (χ1) is 6.97. The lowest BCUT2D eigenvalue weighted by molar-refractivity contribution is 0.313. The number of piperidine rings is 1. The number of thiocarbonyl (C=S) groups is 1. The Kier molecular flexibility index (Phi) is 4.45. The summed E-state index contributed by atoms with van der Waals surface area (Å²) >= 11 is 4.89. The van der Waals surface area contributed by atoms with Crippen molar-refractivity contribution in [3.05, 3.63) is 0 Å². The molecule has 0 aromatic heterocycles. The molecule has 1 aliphatic rings. The summed E-state index contributed by atoms with van der Waals surface area (Å²) in [5.41, 5.74) is 5.53. The Morgan fingerprint density at radius 3 is 2.47 bits per heavy atom. The zero-order chi connectivity index (χ0) is 11.5. The van der Waals surface area contributed by atoms with E-state index in [9.17, 15) is 8.42 Å². The highest BCUT2D eigenvalue weighted by Gasteiger charge is 2.28. The fraction of sp³-hybridized carbons (Fsp3) is 0.875. The van der Waals surface area contributed by atoms with Crippen LogP contribution in [-0.4, -0.2) is 37.3 Å². The smallest absolute Gasteiger partial charge is 0.279 e. The quantitative estimate of drug-likeness (QED) is 0.681. The standard InChI is InChI=1S/C8H17N3O2S2/c1-2-10-15(12,13)11-5-3-7(4-6-11)8(9)14/h7,10H,2-6H2,1H3,(H2,9,14). The minimum absolute atomic E-state index is 0.188. The Hall–Kier alpha value is -0.240. The van der Waals surface area contributed by atoms with E-state index < -0.39 is 10.2 Å². The van der Waals surface area contributed by atoms with Crippen LogP contribution in [0, 0.1) is 5.92 Å². The van der Waals surface area contributed by atoms with Crippen LogP contribution in [0.25, 0.3) is 0 Å². The molecule has 1 rings (SSSR count). The summed E-state index contributed by atoms with van der Waals surface area (Å²) in [7, 11) is -3.28. The molecule has 0 radical (unpaired) electrons. The Morgan fingerprint density at radius 1 is 1.53 bits per heavy atom. The third-order valence-corrected chi connectivity index (χ3v) is 4.55. The lowest BCUT2D eigenvalue weighted by Crippen LogP contribution is -2.46. The average Bonchev–Trinajstić information content (AvgIpc) is 2.18. The molecular weight excluding hydrogens is 234 g/mol. The van der Waals surface area contributed by atoms with Crippen molar-refractivity contribution in [3.63, 3.8) is 0 Å². The fourth-order valence-electron chi connectivity index (χ4n) is 1.65. The molecule has 1 saturated heterocycles. The first-order valence-corrected chi connectivity index (χ1v) is 6.86. The molecule has 7 heteroatoms. The number of nitrogens with one attached hydrogen (secondary N) is 1. The van der Waals surface area contributed by atoms with Crippen LogP contribution in [0.1, 0.15) is 19.8 Å². The Labute approximate surface area is 96.2 Å². The van der Waals surface area contributed by atoms with Crippen molar-refractivity contribution in [3.8, 4) is 0 Å². The van der Waals surface area contributed by atoms with Gasteiger partial charge in [-0.05, 0) is 12.8 Å². The summed E-state index contributed by atoms with van der Waals surface area (Å²) in [5, 5.41) is 0. The van der Waals surface area contributed by atoms with Crippen molar-refractivity contribution in [2.45, 2.75) is 19.8 Å². The maximum absolute atomic E-state index is 11.6. The van der Waals surface area contributed by atoms with Gasteiger partial charge in [-0.25, -0.2) is 4.72 Å².